The molecule has 1 aromatic heterocycles. The molecule has 0 amide bonds. The molecular formula is C32H36FN3. The quantitative estimate of drug-likeness (QED) is 0.260. The Hall–Kier alpha value is -3.24. The smallest absolute Gasteiger partial charge is 0.137 e. The van der Waals surface area contributed by atoms with Crippen LogP contribution in [-0.4, -0.2) is 21.9 Å². The fraction of sp³-hybridized carbons (Fsp3) is 0.344. The first-order chi connectivity index (χ1) is 17.7. The summed E-state index contributed by atoms with van der Waals surface area (Å²) in [6.07, 6.45) is 11.4. The van der Waals surface area contributed by atoms with Crippen molar-refractivity contribution in [3.8, 4) is 22.6 Å². The van der Waals surface area contributed by atoms with E-state index in [0.717, 1.165) is 35.1 Å². The predicted molar refractivity (Wildman–Crippen MR) is 146 cm³/mol. The zero-order chi connectivity index (χ0) is 24.7. The van der Waals surface area contributed by atoms with Crippen molar-refractivity contribution < 1.29 is 4.39 Å². The van der Waals surface area contributed by atoms with E-state index < -0.39 is 0 Å². The Labute approximate surface area is 214 Å². The van der Waals surface area contributed by atoms with E-state index >= 15 is 0 Å². The average molecular weight is 482 g/mol. The Balaban J connectivity index is 1.30. The SMILES string of the molecule is CN(Cc1cccc(-c2cnc(-c3ccc(F)cc3)[nH]2)c1)C(CCC1CCCCC1)c1ccccc1. The average Bonchev–Trinajstić information content (AvgIpc) is 3.41. The van der Waals surface area contributed by atoms with Gasteiger partial charge in [-0.3, -0.25) is 4.90 Å². The van der Waals surface area contributed by atoms with E-state index in [2.05, 4.69) is 76.5 Å². The van der Waals surface area contributed by atoms with E-state index in [9.17, 15) is 4.39 Å². The van der Waals surface area contributed by atoms with Crippen LogP contribution in [0.25, 0.3) is 22.6 Å². The van der Waals surface area contributed by atoms with Crippen LogP contribution in [0.15, 0.2) is 85.1 Å². The fourth-order valence-electron chi connectivity index (χ4n) is 5.64. The number of aromatic amines is 1. The van der Waals surface area contributed by atoms with Crippen molar-refractivity contribution in [3.63, 3.8) is 0 Å². The molecule has 1 aliphatic carbocycles. The lowest BCUT2D eigenvalue weighted by molar-refractivity contribution is 0.203. The Bertz CT molecular complexity index is 1230. The maximum absolute atomic E-state index is 13.3. The topological polar surface area (TPSA) is 31.9 Å². The van der Waals surface area contributed by atoms with Gasteiger partial charge in [0, 0.05) is 18.2 Å². The van der Waals surface area contributed by atoms with Gasteiger partial charge < -0.3 is 4.98 Å². The van der Waals surface area contributed by atoms with Crippen LogP contribution < -0.4 is 0 Å². The highest BCUT2D eigenvalue weighted by atomic mass is 19.1. The van der Waals surface area contributed by atoms with Crippen molar-refractivity contribution in [1.29, 1.82) is 0 Å². The molecule has 1 aliphatic rings. The highest BCUT2D eigenvalue weighted by Crippen LogP contribution is 2.33. The van der Waals surface area contributed by atoms with E-state index in [1.54, 1.807) is 12.1 Å². The standard InChI is InChI=1S/C32H36FN3/c1-36(31(26-12-6-3-7-13-26)20-15-24-9-4-2-5-10-24)23-25-11-8-14-28(21-25)30-22-34-32(35-30)27-16-18-29(33)19-17-27/h3,6-8,11-14,16-19,21-22,24,31H,2,4-5,9-10,15,20,23H2,1H3,(H,34,35). The Morgan fingerprint density at radius 3 is 2.47 bits per heavy atom. The summed E-state index contributed by atoms with van der Waals surface area (Å²) in [5.41, 5.74) is 5.65. The first kappa shape index (κ1) is 24.5. The van der Waals surface area contributed by atoms with E-state index in [4.69, 9.17) is 0 Å². The van der Waals surface area contributed by atoms with Gasteiger partial charge in [0.25, 0.3) is 0 Å². The molecule has 4 heteroatoms. The number of nitrogens with zero attached hydrogens (tertiary/aromatic N) is 2. The summed E-state index contributed by atoms with van der Waals surface area (Å²) in [5.74, 6) is 1.40. The normalized spacial score (nSPS) is 15.3. The Morgan fingerprint density at radius 1 is 0.917 bits per heavy atom. The minimum absolute atomic E-state index is 0.241. The van der Waals surface area contributed by atoms with Gasteiger partial charge in [-0.15, -0.1) is 0 Å². The molecule has 3 nitrogen and oxygen atoms in total. The van der Waals surface area contributed by atoms with Crippen molar-refractivity contribution >= 4 is 0 Å². The summed E-state index contributed by atoms with van der Waals surface area (Å²) in [7, 11) is 2.26. The number of imidazole rings is 1. The van der Waals surface area contributed by atoms with Gasteiger partial charge in [-0.05, 0) is 72.8 Å². The van der Waals surface area contributed by atoms with Crippen LogP contribution in [0.4, 0.5) is 4.39 Å². The minimum atomic E-state index is -0.241. The molecule has 186 valence electrons. The summed E-state index contributed by atoms with van der Waals surface area (Å²) >= 11 is 0. The number of aromatic nitrogens is 2. The molecule has 1 heterocycles. The number of benzene rings is 3. The van der Waals surface area contributed by atoms with E-state index in [1.165, 1.54) is 68.2 Å². The van der Waals surface area contributed by atoms with Crippen LogP contribution in [0, 0.1) is 11.7 Å². The Kier molecular flexibility index (Phi) is 7.92. The summed E-state index contributed by atoms with van der Waals surface area (Å²) in [4.78, 5) is 10.4. The second kappa shape index (κ2) is 11.7. The summed E-state index contributed by atoms with van der Waals surface area (Å²) in [6, 6.07) is 26.5. The molecule has 0 aliphatic heterocycles. The molecular weight excluding hydrogens is 445 g/mol. The predicted octanol–water partition coefficient (Wildman–Crippen LogP) is 8.42. The zero-order valence-corrected chi connectivity index (χ0v) is 21.2. The first-order valence-electron chi connectivity index (χ1n) is 13.3. The maximum Gasteiger partial charge on any atom is 0.137 e. The van der Waals surface area contributed by atoms with Crippen LogP contribution in [0.3, 0.4) is 0 Å². The van der Waals surface area contributed by atoms with Crippen LogP contribution in [0.2, 0.25) is 0 Å². The van der Waals surface area contributed by atoms with Crippen molar-refractivity contribution in [2.24, 2.45) is 5.92 Å². The lowest BCUT2D eigenvalue weighted by atomic mass is 9.84. The maximum atomic E-state index is 13.3. The highest BCUT2D eigenvalue weighted by Gasteiger charge is 2.21. The molecule has 1 fully saturated rings. The summed E-state index contributed by atoms with van der Waals surface area (Å²) < 4.78 is 13.3. The van der Waals surface area contributed by atoms with Crippen LogP contribution in [0.1, 0.15) is 62.1 Å². The molecule has 5 rings (SSSR count). The second-order valence-electron chi connectivity index (χ2n) is 10.3. The third-order valence-electron chi connectivity index (χ3n) is 7.65. The second-order valence-corrected chi connectivity index (χ2v) is 10.3. The van der Waals surface area contributed by atoms with Gasteiger partial charge in [0.2, 0.25) is 0 Å². The monoisotopic (exact) mass is 481 g/mol. The molecule has 3 aromatic carbocycles. The first-order valence-corrected chi connectivity index (χ1v) is 13.3. The van der Waals surface area contributed by atoms with Crippen molar-refractivity contribution in [1.82, 2.24) is 14.9 Å². The van der Waals surface area contributed by atoms with Crippen molar-refractivity contribution in [2.75, 3.05) is 7.05 Å². The molecule has 0 radical (unpaired) electrons. The molecule has 1 unspecified atom stereocenters. The molecule has 0 saturated heterocycles. The lowest BCUT2D eigenvalue weighted by Crippen LogP contribution is -2.25. The molecule has 1 N–H and O–H groups in total. The van der Waals surface area contributed by atoms with Gasteiger partial charge in [0.1, 0.15) is 11.6 Å². The van der Waals surface area contributed by atoms with E-state index in [0.29, 0.717) is 6.04 Å². The minimum Gasteiger partial charge on any atom is -0.338 e. The number of rotatable bonds is 9. The third kappa shape index (κ3) is 6.11. The van der Waals surface area contributed by atoms with Gasteiger partial charge in [-0.2, -0.15) is 0 Å². The molecule has 4 aromatic rings. The molecule has 0 bridgehead atoms. The largest absolute Gasteiger partial charge is 0.338 e. The van der Waals surface area contributed by atoms with Gasteiger partial charge in [0.05, 0.1) is 11.9 Å². The fourth-order valence-corrected chi connectivity index (χ4v) is 5.64. The van der Waals surface area contributed by atoms with Crippen LogP contribution in [0.5, 0.6) is 0 Å². The summed E-state index contributed by atoms with van der Waals surface area (Å²) in [6.45, 7) is 0.886. The van der Waals surface area contributed by atoms with Crippen LogP contribution in [-0.2, 0) is 6.54 Å². The number of halogens is 1. The van der Waals surface area contributed by atoms with E-state index in [-0.39, 0.29) is 5.82 Å². The number of H-pyrrole nitrogens is 1. The highest BCUT2D eigenvalue weighted by molar-refractivity contribution is 5.64. The summed E-state index contributed by atoms with van der Waals surface area (Å²) in [5, 5.41) is 0. The number of hydrogen-bond donors (Lipinski definition) is 1. The third-order valence-corrected chi connectivity index (χ3v) is 7.65. The van der Waals surface area contributed by atoms with Crippen LogP contribution >= 0.6 is 0 Å². The van der Waals surface area contributed by atoms with Crippen molar-refractivity contribution in [3.05, 3.63) is 102 Å². The lowest BCUT2D eigenvalue weighted by Gasteiger charge is -2.31. The molecule has 1 atom stereocenters. The van der Waals surface area contributed by atoms with Crippen molar-refractivity contribution in [2.45, 2.75) is 57.5 Å². The van der Waals surface area contributed by atoms with Gasteiger partial charge in [-0.25, -0.2) is 9.37 Å². The molecule has 0 spiro atoms. The van der Waals surface area contributed by atoms with Gasteiger partial charge in [0.15, 0.2) is 0 Å². The number of nitrogens with one attached hydrogen (secondary N) is 1. The molecule has 36 heavy (non-hydrogen) atoms. The zero-order valence-electron chi connectivity index (χ0n) is 21.2. The Morgan fingerprint density at radius 2 is 1.69 bits per heavy atom. The molecule has 1 saturated carbocycles. The van der Waals surface area contributed by atoms with E-state index in [1.807, 2.05) is 6.20 Å². The van der Waals surface area contributed by atoms with Gasteiger partial charge >= 0.3 is 0 Å². The van der Waals surface area contributed by atoms with Gasteiger partial charge in [-0.1, -0.05) is 80.6 Å². The number of hydrogen-bond acceptors (Lipinski definition) is 2.